The fraction of sp³-hybridized carbons (Fsp3) is 0.462. The van der Waals surface area contributed by atoms with Crippen LogP contribution in [0.3, 0.4) is 0 Å². The Bertz CT molecular complexity index is 449. The summed E-state index contributed by atoms with van der Waals surface area (Å²) in [5.74, 6) is 0.210. The van der Waals surface area contributed by atoms with Crippen molar-refractivity contribution in [2.75, 3.05) is 18.0 Å². The molecule has 4 heteroatoms. The van der Waals surface area contributed by atoms with Crippen molar-refractivity contribution in [1.29, 1.82) is 0 Å². The fourth-order valence-corrected chi connectivity index (χ4v) is 2.93. The lowest BCUT2D eigenvalue weighted by Gasteiger charge is -2.32. The van der Waals surface area contributed by atoms with E-state index in [0.717, 1.165) is 19.5 Å². The minimum atomic E-state index is -0.285. The molecule has 0 spiro atoms. The van der Waals surface area contributed by atoms with E-state index in [4.69, 9.17) is 0 Å². The molecule has 0 radical (unpaired) electrons. The Kier molecular flexibility index (Phi) is 2.59. The van der Waals surface area contributed by atoms with Crippen molar-refractivity contribution in [2.45, 2.75) is 18.9 Å². The number of hydrogen-bond acceptors (Lipinski definition) is 2. The summed E-state index contributed by atoms with van der Waals surface area (Å²) in [6, 6.07) is 6.56. The van der Waals surface area contributed by atoms with Gasteiger partial charge in [-0.2, -0.15) is 0 Å². The van der Waals surface area contributed by atoms with Crippen molar-refractivity contribution in [3.05, 3.63) is 30.1 Å². The third kappa shape index (κ3) is 1.82. The second-order valence-electron chi connectivity index (χ2n) is 4.77. The van der Waals surface area contributed by atoms with E-state index in [-0.39, 0.29) is 17.8 Å². The lowest BCUT2D eigenvalue weighted by atomic mass is 9.94. The van der Waals surface area contributed by atoms with Gasteiger partial charge in [-0.15, -0.1) is 0 Å². The van der Waals surface area contributed by atoms with E-state index in [1.807, 2.05) is 6.07 Å². The molecule has 2 aliphatic heterocycles. The molecule has 2 atom stereocenters. The summed E-state index contributed by atoms with van der Waals surface area (Å²) in [6.45, 7) is 1.82. The Morgan fingerprint density at radius 1 is 1.41 bits per heavy atom. The van der Waals surface area contributed by atoms with Crippen LogP contribution in [0.15, 0.2) is 24.3 Å². The van der Waals surface area contributed by atoms with Gasteiger partial charge in [-0.3, -0.25) is 4.79 Å². The third-order valence-corrected chi connectivity index (χ3v) is 3.69. The smallest absolute Gasteiger partial charge is 0.227 e. The first-order valence-electron chi connectivity index (χ1n) is 6.04. The second kappa shape index (κ2) is 4.11. The van der Waals surface area contributed by atoms with Crippen LogP contribution in [0.4, 0.5) is 10.1 Å². The van der Waals surface area contributed by atoms with Crippen molar-refractivity contribution >= 4 is 11.6 Å². The van der Waals surface area contributed by atoms with Gasteiger partial charge in [0.1, 0.15) is 5.82 Å². The van der Waals surface area contributed by atoms with Crippen molar-refractivity contribution in [3.8, 4) is 0 Å². The van der Waals surface area contributed by atoms with Gasteiger partial charge in [-0.05, 0) is 31.2 Å². The Labute approximate surface area is 99.6 Å². The molecule has 0 aliphatic carbocycles. The van der Waals surface area contributed by atoms with E-state index < -0.39 is 0 Å². The van der Waals surface area contributed by atoms with Crippen LogP contribution in [-0.2, 0) is 4.79 Å². The third-order valence-electron chi connectivity index (χ3n) is 3.69. The number of rotatable bonds is 1. The predicted molar refractivity (Wildman–Crippen MR) is 63.3 cm³/mol. The molecule has 0 bridgehead atoms. The van der Waals surface area contributed by atoms with Crippen LogP contribution in [0.1, 0.15) is 12.8 Å². The summed E-state index contributed by atoms with van der Waals surface area (Å²) >= 11 is 0. The number of carbonyl (C=O) groups excluding carboxylic acids is 1. The summed E-state index contributed by atoms with van der Waals surface area (Å²) in [5.41, 5.74) is 0.699. The molecule has 17 heavy (non-hydrogen) atoms. The van der Waals surface area contributed by atoms with Crippen molar-refractivity contribution in [2.24, 2.45) is 5.92 Å². The van der Waals surface area contributed by atoms with Gasteiger partial charge < -0.3 is 10.2 Å². The van der Waals surface area contributed by atoms with Gasteiger partial charge in [0.05, 0.1) is 0 Å². The molecule has 3 nitrogen and oxygen atoms in total. The van der Waals surface area contributed by atoms with Crippen LogP contribution in [0.5, 0.6) is 0 Å². The number of fused-ring (bicyclic) bond motifs is 1. The predicted octanol–water partition coefficient (Wildman–Crippen LogP) is 1.54. The minimum absolute atomic E-state index is 0.120. The van der Waals surface area contributed by atoms with Gasteiger partial charge in [-0.25, -0.2) is 4.39 Å². The van der Waals surface area contributed by atoms with Crippen molar-refractivity contribution in [3.63, 3.8) is 0 Å². The summed E-state index contributed by atoms with van der Waals surface area (Å²) in [6.07, 6.45) is 1.53. The Morgan fingerprint density at radius 3 is 3.12 bits per heavy atom. The molecule has 0 aromatic heterocycles. The Morgan fingerprint density at radius 2 is 2.29 bits per heavy atom. The number of benzene rings is 1. The first kappa shape index (κ1) is 10.7. The zero-order chi connectivity index (χ0) is 11.8. The molecule has 90 valence electrons. The standard InChI is InChI=1S/C13H15FN2O/c14-10-2-1-3-11(7-10)16-12-4-5-15-8-9(12)6-13(16)17/h1-3,7,9,12,15H,4-6,8H2. The first-order chi connectivity index (χ1) is 8.25. The van der Waals surface area contributed by atoms with Crippen LogP contribution in [0.25, 0.3) is 0 Å². The molecule has 2 fully saturated rings. The van der Waals surface area contributed by atoms with E-state index >= 15 is 0 Å². The molecule has 2 aliphatic rings. The highest BCUT2D eigenvalue weighted by atomic mass is 19.1. The molecular weight excluding hydrogens is 219 g/mol. The molecule has 1 aromatic carbocycles. The first-order valence-corrected chi connectivity index (χ1v) is 6.04. The summed E-state index contributed by atoms with van der Waals surface area (Å²) in [7, 11) is 0. The molecule has 2 saturated heterocycles. The summed E-state index contributed by atoms with van der Waals surface area (Å²) in [4.78, 5) is 13.8. The minimum Gasteiger partial charge on any atom is -0.316 e. The van der Waals surface area contributed by atoms with Crippen LogP contribution in [-0.4, -0.2) is 25.0 Å². The molecule has 1 N–H and O–H groups in total. The summed E-state index contributed by atoms with van der Waals surface area (Å²) in [5, 5.41) is 3.31. The van der Waals surface area contributed by atoms with E-state index in [0.29, 0.717) is 18.0 Å². The largest absolute Gasteiger partial charge is 0.316 e. The van der Waals surface area contributed by atoms with Crippen LogP contribution in [0.2, 0.25) is 0 Å². The van der Waals surface area contributed by atoms with Gasteiger partial charge in [0, 0.05) is 30.6 Å². The maximum atomic E-state index is 13.2. The topological polar surface area (TPSA) is 32.3 Å². The quantitative estimate of drug-likeness (QED) is 0.799. The lowest BCUT2D eigenvalue weighted by molar-refractivity contribution is -0.117. The SMILES string of the molecule is O=C1CC2CNCCC2N1c1cccc(F)c1. The number of anilines is 1. The van der Waals surface area contributed by atoms with Crippen molar-refractivity contribution < 1.29 is 9.18 Å². The van der Waals surface area contributed by atoms with Gasteiger partial charge in [0.15, 0.2) is 0 Å². The highest BCUT2D eigenvalue weighted by Crippen LogP contribution is 2.34. The normalized spacial score (nSPS) is 28.3. The molecule has 1 amide bonds. The number of nitrogens with one attached hydrogen (secondary N) is 1. The Hall–Kier alpha value is -1.42. The number of hydrogen-bond donors (Lipinski definition) is 1. The van der Waals surface area contributed by atoms with Gasteiger partial charge in [0.2, 0.25) is 5.91 Å². The van der Waals surface area contributed by atoms with Gasteiger partial charge in [0.25, 0.3) is 0 Å². The van der Waals surface area contributed by atoms with Gasteiger partial charge in [-0.1, -0.05) is 6.07 Å². The van der Waals surface area contributed by atoms with Crippen molar-refractivity contribution in [1.82, 2.24) is 5.32 Å². The van der Waals surface area contributed by atoms with Crippen LogP contribution < -0.4 is 10.2 Å². The van der Waals surface area contributed by atoms with E-state index in [2.05, 4.69) is 5.32 Å². The molecule has 0 saturated carbocycles. The second-order valence-corrected chi connectivity index (χ2v) is 4.77. The molecule has 2 heterocycles. The average Bonchev–Trinajstić information content (AvgIpc) is 2.64. The monoisotopic (exact) mass is 234 g/mol. The highest BCUT2D eigenvalue weighted by molar-refractivity contribution is 5.96. The van der Waals surface area contributed by atoms with Crippen LogP contribution >= 0.6 is 0 Å². The molecule has 1 aromatic rings. The Balaban J connectivity index is 1.93. The number of carbonyl (C=O) groups is 1. The maximum Gasteiger partial charge on any atom is 0.227 e. The fourth-order valence-electron chi connectivity index (χ4n) is 2.93. The van der Waals surface area contributed by atoms with Crippen LogP contribution in [0, 0.1) is 11.7 Å². The molecular formula is C13H15FN2O. The number of halogens is 1. The molecule has 2 unspecified atom stereocenters. The van der Waals surface area contributed by atoms with Gasteiger partial charge >= 0.3 is 0 Å². The average molecular weight is 234 g/mol. The summed E-state index contributed by atoms with van der Waals surface area (Å²) < 4.78 is 13.2. The zero-order valence-corrected chi connectivity index (χ0v) is 9.53. The number of amides is 1. The maximum absolute atomic E-state index is 13.2. The number of nitrogens with zero attached hydrogens (tertiary/aromatic N) is 1. The highest BCUT2D eigenvalue weighted by Gasteiger charge is 2.41. The van der Waals surface area contributed by atoms with E-state index in [9.17, 15) is 9.18 Å². The van der Waals surface area contributed by atoms with E-state index in [1.54, 1.807) is 11.0 Å². The zero-order valence-electron chi connectivity index (χ0n) is 9.53. The number of piperidine rings is 1. The molecule has 3 rings (SSSR count). The lowest BCUT2D eigenvalue weighted by Crippen LogP contribution is -2.44. The van der Waals surface area contributed by atoms with E-state index in [1.165, 1.54) is 12.1 Å².